The fourth-order valence-corrected chi connectivity index (χ4v) is 1.51. The molecule has 4 nitrogen and oxygen atoms in total. The van der Waals surface area contributed by atoms with Gasteiger partial charge in [-0.25, -0.2) is 0 Å². The molecule has 1 atom stereocenters. The van der Waals surface area contributed by atoms with Gasteiger partial charge in [0.15, 0.2) is 0 Å². The maximum atomic E-state index is 11.6. The van der Waals surface area contributed by atoms with Crippen LogP contribution in [0.15, 0.2) is 23.0 Å². The Kier molecular flexibility index (Phi) is 4.52. The standard InChI is InChI=1S/C11H18N2O2/c1-9-5-4-6-11(14)13(9)7-10(12-2)8-15-3/h4-6,10,12H,7-8H2,1-3H3. The average molecular weight is 210 g/mol. The van der Waals surface area contributed by atoms with E-state index in [4.69, 9.17) is 4.74 Å². The Bertz CT molecular complexity index is 360. The Hall–Kier alpha value is -1.13. The minimum absolute atomic E-state index is 0.0337. The fourth-order valence-electron chi connectivity index (χ4n) is 1.51. The third kappa shape index (κ3) is 3.18. The van der Waals surface area contributed by atoms with E-state index in [1.807, 2.05) is 20.0 Å². The zero-order valence-corrected chi connectivity index (χ0v) is 9.49. The molecule has 4 heteroatoms. The van der Waals surface area contributed by atoms with Crippen LogP contribution >= 0.6 is 0 Å². The number of aryl methyl sites for hydroxylation is 1. The summed E-state index contributed by atoms with van der Waals surface area (Å²) < 4.78 is 6.82. The zero-order valence-electron chi connectivity index (χ0n) is 9.49. The highest BCUT2D eigenvalue weighted by Crippen LogP contribution is 1.96. The van der Waals surface area contributed by atoms with Gasteiger partial charge in [-0.05, 0) is 20.0 Å². The SMILES string of the molecule is CNC(COC)Cn1c(C)cccc1=O. The molecule has 0 aromatic carbocycles. The van der Waals surface area contributed by atoms with Gasteiger partial charge in [-0.3, -0.25) is 4.79 Å². The zero-order chi connectivity index (χ0) is 11.3. The molecule has 1 rings (SSSR count). The van der Waals surface area contributed by atoms with Crippen molar-refractivity contribution in [3.8, 4) is 0 Å². The molecule has 1 aromatic rings. The van der Waals surface area contributed by atoms with Crippen LogP contribution in [0.1, 0.15) is 5.69 Å². The quantitative estimate of drug-likeness (QED) is 0.764. The molecule has 0 aliphatic rings. The summed E-state index contributed by atoms with van der Waals surface area (Å²) >= 11 is 0. The number of nitrogens with one attached hydrogen (secondary N) is 1. The van der Waals surface area contributed by atoms with Crippen LogP contribution in [0.2, 0.25) is 0 Å². The summed E-state index contributed by atoms with van der Waals surface area (Å²) in [5.74, 6) is 0. The molecule has 0 aliphatic carbocycles. The minimum atomic E-state index is 0.0337. The predicted molar refractivity (Wildman–Crippen MR) is 60.2 cm³/mol. The molecule has 0 fully saturated rings. The molecule has 0 aliphatic heterocycles. The van der Waals surface area contributed by atoms with Crippen LogP contribution in [0.25, 0.3) is 0 Å². The van der Waals surface area contributed by atoms with Crippen molar-refractivity contribution in [3.05, 3.63) is 34.2 Å². The number of nitrogens with zero attached hydrogens (tertiary/aromatic N) is 1. The van der Waals surface area contributed by atoms with Gasteiger partial charge in [0.25, 0.3) is 5.56 Å². The van der Waals surface area contributed by atoms with Crippen molar-refractivity contribution in [2.45, 2.75) is 19.5 Å². The van der Waals surface area contributed by atoms with Gasteiger partial charge >= 0.3 is 0 Å². The van der Waals surface area contributed by atoms with Crippen LogP contribution in [-0.2, 0) is 11.3 Å². The van der Waals surface area contributed by atoms with Crippen molar-refractivity contribution in [3.63, 3.8) is 0 Å². The Morgan fingerprint density at radius 2 is 2.27 bits per heavy atom. The first kappa shape index (κ1) is 11.9. The van der Waals surface area contributed by atoms with Gasteiger partial charge < -0.3 is 14.6 Å². The number of aromatic nitrogens is 1. The van der Waals surface area contributed by atoms with E-state index in [9.17, 15) is 4.79 Å². The lowest BCUT2D eigenvalue weighted by Gasteiger charge is -2.18. The Morgan fingerprint density at radius 3 is 2.80 bits per heavy atom. The first-order valence-electron chi connectivity index (χ1n) is 5.01. The van der Waals surface area contributed by atoms with Crippen LogP contribution < -0.4 is 10.9 Å². The number of likely N-dealkylation sites (N-methyl/N-ethyl adjacent to an activating group) is 1. The largest absolute Gasteiger partial charge is 0.383 e. The van der Waals surface area contributed by atoms with E-state index >= 15 is 0 Å². The van der Waals surface area contributed by atoms with Gasteiger partial charge in [-0.1, -0.05) is 6.07 Å². The lowest BCUT2D eigenvalue weighted by Crippen LogP contribution is -2.38. The van der Waals surface area contributed by atoms with Crippen LogP contribution in [0.5, 0.6) is 0 Å². The van der Waals surface area contributed by atoms with E-state index in [0.717, 1.165) is 5.69 Å². The highest BCUT2D eigenvalue weighted by atomic mass is 16.5. The van der Waals surface area contributed by atoms with Gasteiger partial charge in [0.05, 0.1) is 6.61 Å². The van der Waals surface area contributed by atoms with Crippen molar-refractivity contribution in [2.24, 2.45) is 0 Å². The van der Waals surface area contributed by atoms with Crippen molar-refractivity contribution in [2.75, 3.05) is 20.8 Å². The van der Waals surface area contributed by atoms with Gasteiger partial charge in [0.1, 0.15) is 0 Å². The normalized spacial score (nSPS) is 12.7. The van der Waals surface area contributed by atoms with E-state index in [1.165, 1.54) is 0 Å². The molecule has 0 saturated carbocycles. The summed E-state index contributed by atoms with van der Waals surface area (Å²) in [5.41, 5.74) is 1.00. The molecule has 1 aromatic heterocycles. The highest BCUT2D eigenvalue weighted by Gasteiger charge is 2.08. The Balaban J connectivity index is 2.83. The van der Waals surface area contributed by atoms with E-state index in [0.29, 0.717) is 13.2 Å². The molecule has 1 unspecified atom stereocenters. The summed E-state index contributed by atoms with van der Waals surface area (Å²) in [5, 5.41) is 3.12. The van der Waals surface area contributed by atoms with Gasteiger partial charge in [-0.15, -0.1) is 0 Å². The minimum Gasteiger partial charge on any atom is -0.383 e. The van der Waals surface area contributed by atoms with E-state index < -0.39 is 0 Å². The molecule has 1 N–H and O–H groups in total. The van der Waals surface area contributed by atoms with E-state index in [2.05, 4.69) is 5.32 Å². The number of rotatable bonds is 5. The summed E-state index contributed by atoms with van der Waals surface area (Å²) in [4.78, 5) is 11.6. The van der Waals surface area contributed by atoms with E-state index in [1.54, 1.807) is 23.8 Å². The molecule has 0 radical (unpaired) electrons. The molecule has 15 heavy (non-hydrogen) atoms. The van der Waals surface area contributed by atoms with E-state index in [-0.39, 0.29) is 11.6 Å². The number of methoxy groups -OCH3 is 1. The van der Waals surface area contributed by atoms with Gasteiger partial charge in [0, 0.05) is 31.5 Å². The smallest absolute Gasteiger partial charge is 0.250 e. The molecule has 0 bridgehead atoms. The maximum absolute atomic E-state index is 11.6. The first-order valence-corrected chi connectivity index (χ1v) is 5.01. The van der Waals surface area contributed by atoms with Crippen molar-refractivity contribution in [1.82, 2.24) is 9.88 Å². The second kappa shape index (κ2) is 5.68. The summed E-state index contributed by atoms with van der Waals surface area (Å²) in [6.07, 6.45) is 0. The maximum Gasteiger partial charge on any atom is 0.250 e. The Labute approximate surface area is 89.9 Å². The summed E-state index contributed by atoms with van der Waals surface area (Å²) in [6.45, 7) is 3.16. The van der Waals surface area contributed by atoms with Crippen molar-refractivity contribution < 1.29 is 4.74 Å². The molecular weight excluding hydrogens is 192 g/mol. The van der Waals surface area contributed by atoms with Crippen LogP contribution in [0.4, 0.5) is 0 Å². The second-order valence-electron chi connectivity index (χ2n) is 3.56. The molecule has 0 saturated heterocycles. The lowest BCUT2D eigenvalue weighted by molar-refractivity contribution is 0.161. The molecular formula is C11H18N2O2. The highest BCUT2D eigenvalue weighted by molar-refractivity contribution is 5.04. The van der Waals surface area contributed by atoms with Crippen LogP contribution in [0.3, 0.4) is 0 Å². The second-order valence-corrected chi connectivity index (χ2v) is 3.56. The number of hydrogen-bond acceptors (Lipinski definition) is 3. The third-order valence-electron chi connectivity index (χ3n) is 2.45. The Morgan fingerprint density at radius 1 is 1.53 bits per heavy atom. The molecule has 84 valence electrons. The third-order valence-corrected chi connectivity index (χ3v) is 2.45. The molecule has 0 spiro atoms. The molecule has 0 amide bonds. The average Bonchev–Trinajstić information content (AvgIpc) is 2.22. The van der Waals surface area contributed by atoms with Crippen LogP contribution in [-0.4, -0.2) is 31.4 Å². The topological polar surface area (TPSA) is 43.3 Å². The summed E-state index contributed by atoms with van der Waals surface area (Å²) in [7, 11) is 3.53. The van der Waals surface area contributed by atoms with Gasteiger partial charge in [-0.2, -0.15) is 0 Å². The lowest BCUT2D eigenvalue weighted by atomic mass is 10.3. The van der Waals surface area contributed by atoms with Gasteiger partial charge in [0.2, 0.25) is 0 Å². The number of ether oxygens (including phenoxy) is 1. The fraction of sp³-hybridized carbons (Fsp3) is 0.545. The van der Waals surface area contributed by atoms with Crippen molar-refractivity contribution in [1.29, 1.82) is 0 Å². The predicted octanol–water partition coefficient (Wildman–Crippen LogP) is 0.391. The van der Waals surface area contributed by atoms with Crippen molar-refractivity contribution >= 4 is 0 Å². The molecule has 1 heterocycles. The van der Waals surface area contributed by atoms with Crippen LogP contribution in [0, 0.1) is 6.92 Å². The first-order chi connectivity index (χ1) is 7.19. The number of pyridine rings is 1. The number of hydrogen-bond donors (Lipinski definition) is 1. The monoisotopic (exact) mass is 210 g/mol. The summed E-state index contributed by atoms with van der Waals surface area (Å²) in [6, 6.07) is 5.44.